The van der Waals surface area contributed by atoms with E-state index in [1.807, 2.05) is 58.0 Å². The first kappa shape index (κ1) is 30.0. The van der Waals surface area contributed by atoms with E-state index in [-0.39, 0.29) is 28.5 Å². The fourth-order valence-corrected chi connectivity index (χ4v) is 4.24. The highest BCUT2D eigenvalue weighted by atomic mass is 16.3. The lowest BCUT2D eigenvalue weighted by atomic mass is 9.97. The highest BCUT2D eigenvalue weighted by molar-refractivity contribution is 6.04. The van der Waals surface area contributed by atoms with E-state index in [1.165, 1.54) is 18.2 Å². The average Bonchev–Trinajstić information content (AvgIpc) is 2.87. The first-order valence-corrected chi connectivity index (χ1v) is 13.1. The molecule has 0 bridgehead atoms. The Bertz CT molecular complexity index is 1020. The molecule has 2 aromatic rings. The van der Waals surface area contributed by atoms with Gasteiger partial charge in [0.05, 0.1) is 12.1 Å². The largest absolute Gasteiger partial charge is 0.390 e. The summed E-state index contributed by atoms with van der Waals surface area (Å²) in [5.41, 5.74) is 7.11. The Kier molecular flexibility index (Phi) is 12.3. The summed E-state index contributed by atoms with van der Waals surface area (Å²) in [6.45, 7) is 10.1. The van der Waals surface area contributed by atoms with Gasteiger partial charge in [0.25, 0.3) is 11.8 Å². The number of amides is 3. The summed E-state index contributed by atoms with van der Waals surface area (Å²) >= 11 is 0. The Balaban J connectivity index is 2.21. The number of primary amides is 1. The Morgan fingerprint density at radius 2 is 1.54 bits per heavy atom. The lowest BCUT2D eigenvalue weighted by molar-refractivity contribution is 0.0755. The normalized spacial score (nSPS) is 12.7. The number of nitrogens with two attached hydrogens (primary N) is 1. The molecule has 1 unspecified atom stereocenters. The molecule has 0 aliphatic carbocycles. The maximum Gasteiger partial charge on any atom is 0.253 e. The SMILES string of the molecule is CCCN(CCC)C(=O)c1cc(C(N)=O)cc(C(=O)N[C@@H](CC(C)C)C(O)CNCc2ccccc2)c1. The van der Waals surface area contributed by atoms with Crippen molar-refractivity contribution in [2.24, 2.45) is 11.7 Å². The van der Waals surface area contributed by atoms with Crippen LogP contribution in [0.1, 0.15) is 83.6 Å². The maximum atomic E-state index is 13.3. The van der Waals surface area contributed by atoms with Gasteiger partial charge in [-0.25, -0.2) is 0 Å². The molecule has 0 spiro atoms. The van der Waals surface area contributed by atoms with Crippen molar-refractivity contribution in [3.8, 4) is 0 Å². The van der Waals surface area contributed by atoms with Gasteiger partial charge in [-0.1, -0.05) is 58.0 Å². The molecule has 202 valence electrons. The third kappa shape index (κ3) is 9.63. The number of hydrogen-bond acceptors (Lipinski definition) is 5. The zero-order valence-corrected chi connectivity index (χ0v) is 22.5. The van der Waals surface area contributed by atoms with E-state index in [2.05, 4.69) is 10.6 Å². The fourth-order valence-electron chi connectivity index (χ4n) is 4.24. The number of carbonyl (C=O) groups is 3. The van der Waals surface area contributed by atoms with Gasteiger partial charge in [-0.2, -0.15) is 0 Å². The summed E-state index contributed by atoms with van der Waals surface area (Å²) in [5, 5.41) is 17.1. The Morgan fingerprint density at radius 1 is 0.946 bits per heavy atom. The topological polar surface area (TPSA) is 125 Å². The summed E-state index contributed by atoms with van der Waals surface area (Å²) in [5.74, 6) is -1.21. The van der Waals surface area contributed by atoms with Crippen LogP contribution in [0.3, 0.4) is 0 Å². The molecule has 0 aliphatic rings. The molecule has 8 nitrogen and oxygen atoms in total. The minimum atomic E-state index is -0.833. The van der Waals surface area contributed by atoms with E-state index in [9.17, 15) is 19.5 Å². The second kappa shape index (κ2) is 15.1. The number of nitrogens with zero attached hydrogens (tertiary/aromatic N) is 1. The van der Waals surface area contributed by atoms with E-state index in [0.29, 0.717) is 32.6 Å². The van der Waals surface area contributed by atoms with Crippen molar-refractivity contribution < 1.29 is 19.5 Å². The van der Waals surface area contributed by atoms with Crippen LogP contribution >= 0.6 is 0 Å². The van der Waals surface area contributed by atoms with E-state index < -0.39 is 24.0 Å². The highest BCUT2D eigenvalue weighted by Crippen LogP contribution is 2.16. The number of hydrogen-bond donors (Lipinski definition) is 4. The van der Waals surface area contributed by atoms with E-state index in [1.54, 1.807) is 4.90 Å². The van der Waals surface area contributed by atoms with Crippen LogP contribution in [0.15, 0.2) is 48.5 Å². The van der Waals surface area contributed by atoms with E-state index in [4.69, 9.17) is 5.73 Å². The first-order chi connectivity index (χ1) is 17.7. The van der Waals surface area contributed by atoms with Crippen molar-refractivity contribution in [1.82, 2.24) is 15.5 Å². The van der Waals surface area contributed by atoms with Crippen LogP contribution in [0.25, 0.3) is 0 Å². The average molecular weight is 511 g/mol. The monoisotopic (exact) mass is 510 g/mol. The second-order valence-corrected chi connectivity index (χ2v) is 9.85. The maximum absolute atomic E-state index is 13.3. The van der Waals surface area contributed by atoms with Gasteiger partial charge in [-0.05, 0) is 48.9 Å². The van der Waals surface area contributed by atoms with E-state index in [0.717, 1.165) is 18.4 Å². The predicted octanol–water partition coefficient (Wildman–Crippen LogP) is 3.34. The van der Waals surface area contributed by atoms with Crippen LogP contribution in [0.2, 0.25) is 0 Å². The third-order valence-electron chi connectivity index (χ3n) is 6.03. The highest BCUT2D eigenvalue weighted by Gasteiger charge is 2.25. The van der Waals surface area contributed by atoms with Gasteiger partial charge in [0, 0.05) is 42.9 Å². The molecule has 0 aliphatic heterocycles. The summed E-state index contributed by atoms with van der Waals surface area (Å²) in [4.78, 5) is 40.2. The van der Waals surface area contributed by atoms with Crippen LogP contribution in [0.4, 0.5) is 0 Å². The molecule has 5 N–H and O–H groups in total. The molecule has 0 fully saturated rings. The molecule has 8 heteroatoms. The molecule has 37 heavy (non-hydrogen) atoms. The fraction of sp³-hybridized carbons (Fsp3) is 0.483. The van der Waals surface area contributed by atoms with Gasteiger partial charge >= 0.3 is 0 Å². The van der Waals surface area contributed by atoms with Crippen molar-refractivity contribution in [1.29, 1.82) is 0 Å². The van der Waals surface area contributed by atoms with Gasteiger partial charge in [-0.3, -0.25) is 14.4 Å². The van der Waals surface area contributed by atoms with Crippen LogP contribution in [-0.4, -0.2) is 59.5 Å². The Morgan fingerprint density at radius 3 is 2.11 bits per heavy atom. The standard InChI is InChI=1S/C29H42N4O4/c1-5-12-33(13-6-2)29(37)24-16-22(27(30)35)15-23(17-24)28(36)32-25(14-20(3)4)26(34)19-31-18-21-10-8-7-9-11-21/h7-11,15-17,20,25-26,31,34H,5-6,12-14,18-19H2,1-4H3,(H2,30,35)(H,32,36)/t25-,26?/m0/s1. The van der Waals surface area contributed by atoms with Crippen LogP contribution in [0, 0.1) is 5.92 Å². The quantitative estimate of drug-likeness (QED) is 0.292. The molecule has 0 radical (unpaired) electrons. The first-order valence-electron chi connectivity index (χ1n) is 13.1. The molecule has 3 amide bonds. The lowest BCUT2D eigenvalue weighted by Gasteiger charge is -2.26. The van der Waals surface area contributed by atoms with Crippen LogP contribution in [0.5, 0.6) is 0 Å². The minimum Gasteiger partial charge on any atom is -0.390 e. The van der Waals surface area contributed by atoms with Crippen molar-refractivity contribution in [2.45, 2.75) is 65.6 Å². The van der Waals surface area contributed by atoms with Crippen molar-refractivity contribution in [3.05, 3.63) is 70.8 Å². The lowest BCUT2D eigenvalue weighted by Crippen LogP contribution is -2.48. The number of aliphatic hydroxyl groups is 1. The number of rotatable bonds is 15. The van der Waals surface area contributed by atoms with Crippen molar-refractivity contribution >= 4 is 17.7 Å². The molecule has 0 saturated heterocycles. The predicted molar refractivity (Wildman–Crippen MR) is 146 cm³/mol. The van der Waals surface area contributed by atoms with Crippen molar-refractivity contribution in [3.63, 3.8) is 0 Å². The summed E-state index contributed by atoms with van der Waals surface area (Å²) in [6, 6.07) is 13.7. The molecule has 2 rings (SSSR count). The van der Waals surface area contributed by atoms with Gasteiger partial charge in [0.1, 0.15) is 0 Å². The summed E-state index contributed by atoms with van der Waals surface area (Å²) in [6.07, 6.45) is 1.31. The van der Waals surface area contributed by atoms with E-state index >= 15 is 0 Å². The molecular weight excluding hydrogens is 468 g/mol. The third-order valence-corrected chi connectivity index (χ3v) is 6.03. The molecule has 0 saturated carbocycles. The number of carbonyl (C=O) groups excluding carboxylic acids is 3. The molecular formula is C29H42N4O4. The molecule has 0 heterocycles. The molecule has 2 aromatic carbocycles. The number of aliphatic hydroxyl groups excluding tert-OH is 1. The molecule has 0 aromatic heterocycles. The van der Waals surface area contributed by atoms with Crippen LogP contribution < -0.4 is 16.4 Å². The smallest absolute Gasteiger partial charge is 0.253 e. The van der Waals surface area contributed by atoms with Crippen LogP contribution in [-0.2, 0) is 6.54 Å². The zero-order valence-electron chi connectivity index (χ0n) is 22.5. The minimum absolute atomic E-state index is 0.0921. The Hall–Kier alpha value is -3.23. The van der Waals surface area contributed by atoms with Gasteiger partial charge in [0.15, 0.2) is 0 Å². The second-order valence-electron chi connectivity index (χ2n) is 9.85. The Labute approximate surface area is 220 Å². The molecule has 2 atom stereocenters. The van der Waals surface area contributed by atoms with Gasteiger partial charge < -0.3 is 26.4 Å². The van der Waals surface area contributed by atoms with Gasteiger partial charge in [-0.15, -0.1) is 0 Å². The van der Waals surface area contributed by atoms with Crippen molar-refractivity contribution in [2.75, 3.05) is 19.6 Å². The summed E-state index contributed by atoms with van der Waals surface area (Å²) in [7, 11) is 0. The number of benzene rings is 2. The zero-order chi connectivity index (χ0) is 27.4. The van der Waals surface area contributed by atoms with Gasteiger partial charge in [0.2, 0.25) is 5.91 Å². The number of nitrogens with one attached hydrogen (secondary N) is 2. The summed E-state index contributed by atoms with van der Waals surface area (Å²) < 4.78 is 0.